The minimum absolute atomic E-state index is 0.0811. The zero-order valence-electron chi connectivity index (χ0n) is 11.1. The number of hydrogen-bond donors (Lipinski definition) is 1. The Morgan fingerprint density at radius 2 is 2.05 bits per heavy atom. The Kier molecular flexibility index (Phi) is 4.80. The van der Waals surface area contributed by atoms with Crippen LogP contribution in [0.15, 0.2) is 40.9 Å². The van der Waals surface area contributed by atoms with Gasteiger partial charge in [0.15, 0.2) is 11.5 Å². The van der Waals surface area contributed by atoms with E-state index < -0.39 is 5.97 Å². The Morgan fingerprint density at radius 1 is 1.29 bits per heavy atom. The van der Waals surface area contributed by atoms with E-state index in [1.807, 2.05) is 0 Å². The van der Waals surface area contributed by atoms with E-state index in [1.165, 1.54) is 31.4 Å². The zero-order valence-corrected chi connectivity index (χ0v) is 12.7. The highest BCUT2D eigenvalue weighted by atomic mass is 79.9. The first-order valence-electron chi connectivity index (χ1n) is 6.00. The second-order valence-electron chi connectivity index (χ2n) is 4.17. The molecule has 2 aromatic carbocycles. The summed E-state index contributed by atoms with van der Waals surface area (Å²) in [6.45, 7) is 0.0811. The number of hydrogen-bond acceptors (Lipinski definition) is 3. The van der Waals surface area contributed by atoms with E-state index in [9.17, 15) is 9.18 Å². The number of halogens is 2. The molecule has 0 aliphatic heterocycles. The van der Waals surface area contributed by atoms with E-state index in [0.29, 0.717) is 15.8 Å². The fourth-order valence-electron chi connectivity index (χ4n) is 1.74. The van der Waals surface area contributed by atoms with Crippen LogP contribution in [0.1, 0.15) is 15.9 Å². The summed E-state index contributed by atoms with van der Waals surface area (Å²) < 4.78 is 24.4. The van der Waals surface area contributed by atoms with Gasteiger partial charge < -0.3 is 14.6 Å². The normalized spacial score (nSPS) is 10.2. The van der Waals surface area contributed by atoms with Gasteiger partial charge >= 0.3 is 5.97 Å². The molecule has 0 aromatic heterocycles. The minimum atomic E-state index is -1.06. The first-order chi connectivity index (χ1) is 10.0. The molecule has 0 heterocycles. The Labute approximate surface area is 129 Å². The quantitative estimate of drug-likeness (QED) is 0.885. The van der Waals surface area contributed by atoms with Gasteiger partial charge in [0.05, 0.1) is 17.1 Å². The average Bonchev–Trinajstić information content (AvgIpc) is 2.48. The van der Waals surface area contributed by atoms with Crippen molar-refractivity contribution in [3.8, 4) is 11.5 Å². The van der Waals surface area contributed by atoms with Crippen LogP contribution in [0.5, 0.6) is 11.5 Å². The van der Waals surface area contributed by atoms with Crippen LogP contribution in [0.3, 0.4) is 0 Å². The highest BCUT2D eigenvalue weighted by Gasteiger charge is 2.12. The second kappa shape index (κ2) is 6.58. The molecule has 0 fully saturated rings. The maximum absolute atomic E-state index is 13.4. The van der Waals surface area contributed by atoms with E-state index >= 15 is 0 Å². The maximum Gasteiger partial charge on any atom is 0.335 e. The van der Waals surface area contributed by atoms with Crippen molar-refractivity contribution < 1.29 is 23.8 Å². The molecule has 0 spiro atoms. The fourth-order valence-corrected chi connectivity index (χ4v) is 2.12. The number of benzene rings is 2. The highest BCUT2D eigenvalue weighted by molar-refractivity contribution is 9.10. The number of ether oxygens (including phenoxy) is 2. The van der Waals surface area contributed by atoms with Crippen molar-refractivity contribution in [3.63, 3.8) is 0 Å². The van der Waals surface area contributed by atoms with Crippen molar-refractivity contribution in [1.29, 1.82) is 0 Å². The Morgan fingerprint density at radius 3 is 2.71 bits per heavy atom. The van der Waals surface area contributed by atoms with Crippen molar-refractivity contribution >= 4 is 21.9 Å². The number of methoxy groups -OCH3 is 1. The number of aromatic carboxylic acids is 1. The van der Waals surface area contributed by atoms with Crippen molar-refractivity contribution in [2.75, 3.05) is 7.11 Å². The van der Waals surface area contributed by atoms with Crippen LogP contribution < -0.4 is 9.47 Å². The summed E-state index contributed by atoms with van der Waals surface area (Å²) in [6.07, 6.45) is 0. The van der Waals surface area contributed by atoms with Gasteiger partial charge in [0.25, 0.3) is 0 Å². The Bertz CT molecular complexity index is 673. The molecule has 0 aliphatic carbocycles. The van der Waals surface area contributed by atoms with Crippen molar-refractivity contribution in [2.45, 2.75) is 6.61 Å². The second-order valence-corrected chi connectivity index (χ2v) is 4.97. The molecule has 2 rings (SSSR count). The molecule has 110 valence electrons. The van der Waals surface area contributed by atoms with E-state index in [2.05, 4.69) is 15.9 Å². The molecular weight excluding hydrogens is 343 g/mol. The average molecular weight is 355 g/mol. The fraction of sp³-hybridized carbons (Fsp3) is 0.133. The van der Waals surface area contributed by atoms with E-state index in [4.69, 9.17) is 14.6 Å². The zero-order chi connectivity index (χ0) is 15.4. The van der Waals surface area contributed by atoms with E-state index in [-0.39, 0.29) is 23.7 Å². The number of carbonyl (C=O) groups is 1. The molecule has 6 heteroatoms. The smallest absolute Gasteiger partial charge is 0.335 e. The van der Waals surface area contributed by atoms with Gasteiger partial charge in [0.2, 0.25) is 0 Å². The lowest BCUT2D eigenvalue weighted by Crippen LogP contribution is -2.02. The molecule has 0 radical (unpaired) electrons. The molecule has 0 saturated heterocycles. The van der Waals surface area contributed by atoms with Gasteiger partial charge in [-0.25, -0.2) is 9.18 Å². The predicted molar refractivity (Wildman–Crippen MR) is 78.4 cm³/mol. The van der Waals surface area contributed by atoms with Gasteiger partial charge in [-0.1, -0.05) is 12.1 Å². The first-order valence-corrected chi connectivity index (χ1v) is 6.79. The Hall–Kier alpha value is -2.08. The predicted octanol–water partition coefficient (Wildman–Crippen LogP) is 3.87. The molecule has 0 amide bonds. The summed E-state index contributed by atoms with van der Waals surface area (Å²) in [6, 6.07) is 8.92. The topological polar surface area (TPSA) is 55.8 Å². The van der Waals surface area contributed by atoms with E-state index in [0.717, 1.165) is 0 Å². The van der Waals surface area contributed by atoms with Crippen LogP contribution in [-0.4, -0.2) is 18.2 Å². The third-order valence-electron chi connectivity index (χ3n) is 2.83. The summed E-state index contributed by atoms with van der Waals surface area (Å²) in [5, 5.41) is 8.99. The molecule has 0 saturated carbocycles. The summed E-state index contributed by atoms with van der Waals surface area (Å²) >= 11 is 3.15. The van der Waals surface area contributed by atoms with Gasteiger partial charge in [-0.05, 0) is 40.2 Å². The van der Waals surface area contributed by atoms with Crippen LogP contribution in [0, 0.1) is 5.82 Å². The lowest BCUT2D eigenvalue weighted by molar-refractivity contribution is 0.0696. The molecular formula is C15H12BrFO4. The molecule has 4 nitrogen and oxygen atoms in total. The Balaban J connectivity index is 2.24. The van der Waals surface area contributed by atoms with Crippen LogP contribution in [0.2, 0.25) is 0 Å². The molecule has 1 N–H and O–H groups in total. The lowest BCUT2D eigenvalue weighted by Gasteiger charge is -2.12. The molecule has 2 aromatic rings. The van der Waals surface area contributed by atoms with Crippen LogP contribution in [-0.2, 0) is 6.61 Å². The van der Waals surface area contributed by atoms with Crippen molar-refractivity contribution in [2.24, 2.45) is 0 Å². The molecule has 21 heavy (non-hydrogen) atoms. The summed E-state index contributed by atoms with van der Waals surface area (Å²) in [4.78, 5) is 11.0. The highest BCUT2D eigenvalue weighted by Crippen LogP contribution is 2.30. The number of carboxylic acid groups (broad SMARTS) is 1. The standard InChI is InChI=1S/C15H12BrFO4/c1-20-12-6-5-9(15(18)19)7-13(12)21-8-10-3-2-4-11(17)14(10)16/h2-7H,8H2,1H3,(H,18,19). The van der Waals surface area contributed by atoms with Crippen LogP contribution >= 0.6 is 15.9 Å². The van der Waals surface area contributed by atoms with Gasteiger partial charge in [0, 0.05) is 5.56 Å². The van der Waals surface area contributed by atoms with Gasteiger partial charge in [-0.2, -0.15) is 0 Å². The molecule has 0 aliphatic rings. The molecule has 0 bridgehead atoms. The SMILES string of the molecule is COc1ccc(C(=O)O)cc1OCc1cccc(F)c1Br. The number of carboxylic acids is 1. The van der Waals surface area contributed by atoms with Crippen LogP contribution in [0.25, 0.3) is 0 Å². The summed E-state index contributed by atoms with van der Waals surface area (Å²) in [5.74, 6) is -0.752. The third-order valence-corrected chi connectivity index (χ3v) is 3.71. The first kappa shape index (κ1) is 15.3. The molecule has 0 unspecified atom stereocenters. The van der Waals surface area contributed by atoms with Gasteiger partial charge in [-0.15, -0.1) is 0 Å². The van der Waals surface area contributed by atoms with Gasteiger partial charge in [-0.3, -0.25) is 0 Å². The summed E-state index contributed by atoms with van der Waals surface area (Å²) in [7, 11) is 1.46. The van der Waals surface area contributed by atoms with Crippen molar-refractivity contribution in [3.05, 3.63) is 57.8 Å². The third kappa shape index (κ3) is 3.52. The maximum atomic E-state index is 13.4. The lowest BCUT2D eigenvalue weighted by atomic mass is 10.2. The monoisotopic (exact) mass is 354 g/mol. The van der Waals surface area contributed by atoms with Crippen LogP contribution in [0.4, 0.5) is 4.39 Å². The number of rotatable bonds is 5. The van der Waals surface area contributed by atoms with Gasteiger partial charge in [0.1, 0.15) is 12.4 Å². The minimum Gasteiger partial charge on any atom is -0.493 e. The largest absolute Gasteiger partial charge is 0.493 e. The van der Waals surface area contributed by atoms with Crippen molar-refractivity contribution in [1.82, 2.24) is 0 Å². The van der Waals surface area contributed by atoms with E-state index in [1.54, 1.807) is 12.1 Å². The molecule has 0 atom stereocenters. The summed E-state index contributed by atoms with van der Waals surface area (Å²) in [5.41, 5.74) is 0.696.